The second-order valence-electron chi connectivity index (χ2n) is 10.2. The van der Waals surface area contributed by atoms with Crippen molar-refractivity contribution in [3.8, 4) is 0 Å². The van der Waals surface area contributed by atoms with Gasteiger partial charge in [-0.15, -0.1) is 0 Å². The van der Waals surface area contributed by atoms with Gasteiger partial charge < -0.3 is 10.2 Å². The Balaban J connectivity index is 1.14. The molecular formula is C23H29ClN4O4. The first kappa shape index (κ1) is 21.6. The van der Waals surface area contributed by atoms with E-state index in [0.717, 1.165) is 37.0 Å². The van der Waals surface area contributed by atoms with Gasteiger partial charge in [-0.05, 0) is 68.4 Å². The lowest BCUT2D eigenvalue weighted by Gasteiger charge is -2.57. The summed E-state index contributed by atoms with van der Waals surface area (Å²) in [7, 11) is 0. The summed E-state index contributed by atoms with van der Waals surface area (Å²) in [4.78, 5) is 40.5. The van der Waals surface area contributed by atoms with Crippen LogP contribution in [0.15, 0.2) is 18.2 Å². The minimum absolute atomic E-state index is 0.0350. The summed E-state index contributed by atoms with van der Waals surface area (Å²) >= 11 is 5.83. The average molecular weight is 461 g/mol. The maximum atomic E-state index is 13.5. The zero-order valence-corrected chi connectivity index (χ0v) is 18.9. The topological polar surface area (TPSA) is 95.8 Å². The molecule has 1 N–H and O–H groups in total. The van der Waals surface area contributed by atoms with Crippen molar-refractivity contribution in [2.45, 2.75) is 38.5 Å². The monoisotopic (exact) mass is 460 g/mol. The number of amides is 2. The van der Waals surface area contributed by atoms with Crippen molar-refractivity contribution in [2.24, 2.45) is 23.2 Å². The minimum atomic E-state index is -0.571. The molecule has 1 aromatic rings. The molecular weight excluding hydrogens is 432 g/mol. The highest BCUT2D eigenvalue weighted by Crippen LogP contribution is 2.60. The first-order valence-corrected chi connectivity index (χ1v) is 11.9. The van der Waals surface area contributed by atoms with Gasteiger partial charge in [0.1, 0.15) is 5.02 Å². The molecule has 1 heterocycles. The Morgan fingerprint density at radius 3 is 2.22 bits per heavy atom. The summed E-state index contributed by atoms with van der Waals surface area (Å²) in [5.74, 6) is 2.37. The van der Waals surface area contributed by atoms with Crippen molar-refractivity contribution < 1.29 is 14.5 Å². The highest BCUT2D eigenvalue weighted by atomic mass is 35.5. The van der Waals surface area contributed by atoms with Crippen molar-refractivity contribution in [2.75, 3.05) is 38.0 Å². The molecule has 0 radical (unpaired) electrons. The molecule has 32 heavy (non-hydrogen) atoms. The van der Waals surface area contributed by atoms with E-state index in [0.29, 0.717) is 37.8 Å². The SMILES string of the molecule is O=C(CN1CCN(C(=O)C23CC4CC(CC(C4)C2)C3)CC1)Nc1ccc(Cl)c([N+](=O)[O-])c1. The number of halogens is 1. The van der Waals surface area contributed by atoms with Crippen molar-refractivity contribution in [1.29, 1.82) is 0 Å². The van der Waals surface area contributed by atoms with Crippen LogP contribution in [0.2, 0.25) is 5.02 Å². The van der Waals surface area contributed by atoms with Crippen molar-refractivity contribution in [3.05, 3.63) is 33.3 Å². The Morgan fingerprint density at radius 1 is 1.06 bits per heavy atom. The third-order valence-electron chi connectivity index (χ3n) is 7.95. The van der Waals surface area contributed by atoms with Crippen LogP contribution in [0.3, 0.4) is 0 Å². The number of piperazine rings is 1. The number of anilines is 1. The van der Waals surface area contributed by atoms with E-state index in [9.17, 15) is 19.7 Å². The van der Waals surface area contributed by atoms with Crippen LogP contribution in [0, 0.1) is 33.3 Å². The van der Waals surface area contributed by atoms with E-state index in [1.54, 1.807) is 6.07 Å². The second-order valence-corrected chi connectivity index (χ2v) is 10.6. The summed E-state index contributed by atoms with van der Waals surface area (Å²) in [5, 5.41) is 13.8. The first-order valence-electron chi connectivity index (χ1n) is 11.6. The molecule has 5 fully saturated rings. The van der Waals surface area contributed by atoms with Gasteiger partial charge in [0.05, 0.1) is 16.9 Å². The van der Waals surface area contributed by atoms with E-state index in [1.807, 2.05) is 9.80 Å². The fraction of sp³-hybridized carbons (Fsp3) is 0.652. The van der Waals surface area contributed by atoms with Crippen molar-refractivity contribution in [1.82, 2.24) is 9.80 Å². The molecule has 8 nitrogen and oxygen atoms in total. The van der Waals surface area contributed by atoms with Crippen LogP contribution in [0.25, 0.3) is 0 Å². The molecule has 6 rings (SSSR count). The molecule has 5 aliphatic rings. The molecule has 1 saturated heterocycles. The Labute approximate surface area is 192 Å². The predicted octanol–water partition coefficient (Wildman–Crippen LogP) is 3.55. The Morgan fingerprint density at radius 2 is 1.66 bits per heavy atom. The quantitative estimate of drug-likeness (QED) is 0.535. The van der Waals surface area contributed by atoms with Crippen LogP contribution >= 0.6 is 11.6 Å². The number of carbonyl (C=O) groups excluding carboxylic acids is 2. The van der Waals surface area contributed by atoms with E-state index in [-0.39, 0.29) is 28.6 Å². The van der Waals surface area contributed by atoms with E-state index in [4.69, 9.17) is 11.6 Å². The van der Waals surface area contributed by atoms with Gasteiger partial charge in [-0.2, -0.15) is 0 Å². The first-order chi connectivity index (χ1) is 15.3. The van der Waals surface area contributed by atoms with Gasteiger partial charge in [0.15, 0.2) is 0 Å². The summed E-state index contributed by atoms with van der Waals surface area (Å²) < 4.78 is 0. The minimum Gasteiger partial charge on any atom is -0.340 e. The summed E-state index contributed by atoms with van der Waals surface area (Å²) in [6.07, 6.45) is 7.21. The Hall–Kier alpha value is -2.19. The molecule has 4 bridgehead atoms. The third-order valence-corrected chi connectivity index (χ3v) is 8.26. The highest BCUT2D eigenvalue weighted by molar-refractivity contribution is 6.32. The fourth-order valence-electron chi connectivity index (χ4n) is 6.95. The fourth-order valence-corrected chi connectivity index (χ4v) is 7.14. The zero-order valence-electron chi connectivity index (χ0n) is 18.1. The van der Waals surface area contributed by atoms with Crippen LogP contribution in [0.1, 0.15) is 38.5 Å². The lowest BCUT2D eigenvalue weighted by Crippen LogP contribution is -2.58. The van der Waals surface area contributed by atoms with Gasteiger partial charge in [0, 0.05) is 37.9 Å². The average Bonchev–Trinajstić information content (AvgIpc) is 2.74. The number of benzene rings is 1. The van der Waals surface area contributed by atoms with E-state index in [1.165, 1.54) is 31.4 Å². The standard InChI is InChI=1S/C23H29ClN4O4/c24-19-2-1-18(10-20(19)28(31)32)25-21(29)14-26-3-5-27(6-4-26)22(30)23-11-15-7-16(12-23)9-17(8-15)13-23/h1-2,10,15-17H,3-9,11-14H2,(H,25,29). The molecule has 1 aromatic carbocycles. The largest absolute Gasteiger partial charge is 0.340 e. The van der Waals surface area contributed by atoms with Gasteiger partial charge in [0.2, 0.25) is 11.8 Å². The summed E-state index contributed by atoms with van der Waals surface area (Å²) in [6, 6.07) is 4.22. The number of nitro benzene ring substituents is 1. The van der Waals surface area contributed by atoms with Crippen molar-refractivity contribution in [3.63, 3.8) is 0 Å². The van der Waals surface area contributed by atoms with Gasteiger partial charge in [-0.1, -0.05) is 11.6 Å². The highest BCUT2D eigenvalue weighted by Gasteiger charge is 2.55. The van der Waals surface area contributed by atoms with Crippen LogP contribution < -0.4 is 5.32 Å². The maximum Gasteiger partial charge on any atom is 0.289 e. The van der Waals surface area contributed by atoms with Crippen LogP contribution in [0.5, 0.6) is 0 Å². The lowest BCUT2D eigenvalue weighted by atomic mass is 9.49. The Kier molecular flexibility index (Phi) is 5.61. The molecule has 0 atom stereocenters. The molecule has 0 spiro atoms. The van der Waals surface area contributed by atoms with Gasteiger partial charge in [0.25, 0.3) is 5.69 Å². The molecule has 9 heteroatoms. The molecule has 4 saturated carbocycles. The summed E-state index contributed by atoms with van der Waals surface area (Å²) in [6.45, 7) is 2.81. The van der Waals surface area contributed by atoms with Crippen LogP contribution in [-0.2, 0) is 9.59 Å². The van der Waals surface area contributed by atoms with Crippen LogP contribution in [0.4, 0.5) is 11.4 Å². The molecule has 4 aliphatic carbocycles. The van der Waals surface area contributed by atoms with Gasteiger partial charge in [-0.25, -0.2) is 0 Å². The van der Waals surface area contributed by atoms with Crippen molar-refractivity contribution >= 4 is 34.8 Å². The molecule has 0 aromatic heterocycles. The normalized spacial score (nSPS) is 31.5. The number of rotatable bonds is 5. The number of hydrogen-bond donors (Lipinski definition) is 1. The van der Waals surface area contributed by atoms with Gasteiger partial charge >= 0.3 is 0 Å². The number of hydrogen-bond acceptors (Lipinski definition) is 5. The molecule has 2 amide bonds. The second kappa shape index (κ2) is 8.30. The summed E-state index contributed by atoms with van der Waals surface area (Å²) in [5.41, 5.74) is 0.000392. The predicted molar refractivity (Wildman–Crippen MR) is 120 cm³/mol. The van der Waals surface area contributed by atoms with E-state index >= 15 is 0 Å². The zero-order chi connectivity index (χ0) is 22.5. The van der Waals surface area contributed by atoms with Gasteiger partial charge in [-0.3, -0.25) is 24.6 Å². The Bertz CT molecular complexity index is 909. The smallest absolute Gasteiger partial charge is 0.289 e. The number of nitrogens with zero attached hydrogens (tertiary/aromatic N) is 3. The third kappa shape index (κ3) is 4.10. The number of nitro groups is 1. The number of nitrogens with one attached hydrogen (secondary N) is 1. The number of carbonyl (C=O) groups is 2. The molecule has 172 valence electrons. The van der Waals surface area contributed by atoms with E-state index in [2.05, 4.69) is 5.32 Å². The lowest BCUT2D eigenvalue weighted by molar-refractivity contribution is -0.384. The maximum absolute atomic E-state index is 13.5. The van der Waals surface area contributed by atoms with Crippen LogP contribution in [-0.4, -0.2) is 59.3 Å². The molecule has 1 aliphatic heterocycles. The van der Waals surface area contributed by atoms with E-state index < -0.39 is 4.92 Å². The molecule has 0 unspecified atom stereocenters.